The highest BCUT2D eigenvalue weighted by Gasteiger charge is 2.12. The number of nitrogens with one attached hydrogen (secondary N) is 1. The van der Waals surface area contributed by atoms with Crippen LogP contribution in [0.1, 0.15) is 29.4 Å². The lowest BCUT2D eigenvalue weighted by Gasteiger charge is -2.09. The molecule has 1 aromatic heterocycles. The van der Waals surface area contributed by atoms with Crippen LogP contribution < -0.4 is 5.32 Å². The lowest BCUT2D eigenvalue weighted by molar-refractivity contribution is 0.0958. The van der Waals surface area contributed by atoms with E-state index in [-0.39, 0.29) is 5.91 Å². The standard InChI is InChI=1S/C10H13BrClNOS/c1-2-3-7(11)6-13-10(14)9-8(12)4-5-15-9/h4-5,7H,2-3,6H2,1H3,(H,13,14). The molecule has 1 amide bonds. The fourth-order valence-corrected chi connectivity index (χ4v) is 2.83. The molecule has 1 heterocycles. The monoisotopic (exact) mass is 309 g/mol. The molecule has 0 aliphatic carbocycles. The van der Waals surface area contributed by atoms with Gasteiger partial charge in [-0.05, 0) is 17.9 Å². The third-order valence-corrected chi connectivity index (χ3v) is 4.03. The Balaban J connectivity index is 2.40. The molecule has 0 aliphatic heterocycles. The summed E-state index contributed by atoms with van der Waals surface area (Å²) >= 11 is 10.7. The van der Waals surface area contributed by atoms with E-state index in [0.29, 0.717) is 21.3 Å². The molecule has 1 rings (SSSR count). The predicted molar refractivity (Wildman–Crippen MR) is 69.3 cm³/mol. The van der Waals surface area contributed by atoms with E-state index in [9.17, 15) is 4.79 Å². The van der Waals surface area contributed by atoms with Gasteiger partial charge in [0.05, 0.1) is 5.02 Å². The molecule has 0 bridgehead atoms. The highest BCUT2D eigenvalue weighted by atomic mass is 79.9. The second-order valence-electron chi connectivity index (χ2n) is 3.19. The summed E-state index contributed by atoms with van der Waals surface area (Å²) in [5.41, 5.74) is 0. The van der Waals surface area contributed by atoms with Crippen molar-refractivity contribution >= 4 is 44.8 Å². The second kappa shape index (κ2) is 6.51. The Hall–Kier alpha value is -0.0600. The molecule has 2 nitrogen and oxygen atoms in total. The van der Waals surface area contributed by atoms with Gasteiger partial charge in [0.1, 0.15) is 4.88 Å². The van der Waals surface area contributed by atoms with Gasteiger partial charge < -0.3 is 5.32 Å². The van der Waals surface area contributed by atoms with E-state index in [1.807, 2.05) is 5.38 Å². The van der Waals surface area contributed by atoms with Crippen LogP contribution in [0.2, 0.25) is 5.02 Å². The van der Waals surface area contributed by atoms with E-state index in [2.05, 4.69) is 28.2 Å². The SMILES string of the molecule is CCCC(Br)CNC(=O)c1sccc1Cl. The highest BCUT2D eigenvalue weighted by Crippen LogP contribution is 2.21. The molecule has 84 valence electrons. The lowest BCUT2D eigenvalue weighted by atomic mass is 10.2. The quantitative estimate of drug-likeness (QED) is 0.826. The Bertz CT molecular complexity index is 329. The zero-order valence-corrected chi connectivity index (χ0v) is 11.6. The number of hydrogen-bond acceptors (Lipinski definition) is 2. The Labute approximate surface area is 107 Å². The lowest BCUT2D eigenvalue weighted by Crippen LogP contribution is -2.29. The number of alkyl halides is 1. The molecular formula is C10H13BrClNOS. The minimum Gasteiger partial charge on any atom is -0.350 e. The molecule has 0 radical (unpaired) electrons. The predicted octanol–water partition coefficient (Wildman–Crippen LogP) is 3.69. The fraction of sp³-hybridized carbons (Fsp3) is 0.500. The van der Waals surface area contributed by atoms with Gasteiger partial charge in [0.25, 0.3) is 5.91 Å². The Morgan fingerprint density at radius 3 is 3.00 bits per heavy atom. The Morgan fingerprint density at radius 2 is 2.47 bits per heavy atom. The van der Waals surface area contributed by atoms with Crippen LogP contribution in [0.5, 0.6) is 0 Å². The molecule has 0 saturated heterocycles. The van der Waals surface area contributed by atoms with Gasteiger partial charge in [-0.15, -0.1) is 11.3 Å². The van der Waals surface area contributed by atoms with E-state index >= 15 is 0 Å². The van der Waals surface area contributed by atoms with E-state index in [4.69, 9.17) is 11.6 Å². The van der Waals surface area contributed by atoms with Gasteiger partial charge in [-0.2, -0.15) is 0 Å². The Kier molecular flexibility index (Phi) is 5.64. The van der Waals surface area contributed by atoms with Gasteiger partial charge in [-0.3, -0.25) is 4.79 Å². The molecule has 1 atom stereocenters. The van der Waals surface area contributed by atoms with Crippen LogP contribution >= 0.6 is 38.9 Å². The first-order valence-corrected chi connectivity index (χ1v) is 6.97. The first-order valence-electron chi connectivity index (χ1n) is 4.80. The molecular weight excluding hydrogens is 298 g/mol. The first kappa shape index (κ1) is 13.0. The molecule has 0 saturated carbocycles. The molecule has 0 spiro atoms. The molecule has 0 aromatic carbocycles. The van der Waals surface area contributed by atoms with Crippen molar-refractivity contribution in [2.24, 2.45) is 0 Å². The summed E-state index contributed by atoms with van der Waals surface area (Å²) in [6, 6.07) is 1.73. The smallest absolute Gasteiger partial charge is 0.262 e. The molecule has 1 aromatic rings. The van der Waals surface area contributed by atoms with Gasteiger partial charge in [-0.1, -0.05) is 40.9 Å². The molecule has 0 fully saturated rings. The number of thiophene rings is 1. The molecule has 0 aliphatic rings. The van der Waals surface area contributed by atoms with Crippen molar-refractivity contribution < 1.29 is 4.79 Å². The molecule has 15 heavy (non-hydrogen) atoms. The molecule has 1 unspecified atom stereocenters. The van der Waals surface area contributed by atoms with Crippen LogP contribution in [0.15, 0.2) is 11.4 Å². The summed E-state index contributed by atoms with van der Waals surface area (Å²) in [6.07, 6.45) is 2.16. The van der Waals surface area contributed by atoms with Crippen LogP contribution in [-0.2, 0) is 0 Å². The molecule has 1 N–H and O–H groups in total. The number of rotatable bonds is 5. The van der Waals surface area contributed by atoms with E-state index in [1.165, 1.54) is 11.3 Å². The summed E-state index contributed by atoms with van der Waals surface area (Å²) in [6.45, 7) is 2.76. The van der Waals surface area contributed by atoms with Gasteiger partial charge in [-0.25, -0.2) is 0 Å². The number of carbonyl (C=O) groups excluding carboxylic acids is 1. The fourth-order valence-electron chi connectivity index (χ4n) is 1.15. The molecule has 5 heteroatoms. The zero-order chi connectivity index (χ0) is 11.3. The van der Waals surface area contributed by atoms with Crippen molar-refractivity contribution in [3.8, 4) is 0 Å². The average molecular weight is 311 g/mol. The third-order valence-electron chi connectivity index (χ3n) is 1.91. The van der Waals surface area contributed by atoms with Crippen molar-refractivity contribution in [1.82, 2.24) is 5.32 Å². The maximum atomic E-state index is 11.6. The van der Waals surface area contributed by atoms with Gasteiger partial charge in [0.2, 0.25) is 0 Å². The van der Waals surface area contributed by atoms with Crippen molar-refractivity contribution in [2.75, 3.05) is 6.54 Å². The van der Waals surface area contributed by atoms with E-state index in [1.54, 1.807) is 6.07 Å². The summed E-state index contributed by atoms with van der Waals surface area (Å²) < 4.78 is 0. The highest BCUT2D eigenvalue weighted by molar-refractivity contribution is 9.09. The van der Waals surface area contributed by atoms with Crippen LogP contribution in [0, 0.1) is 0 Å². The van der Waals surface area contributed by atoms with Gasteiger partial charge >= 0.3 is 0 Å². The van der Waals surface area contributed by atoms with Crippen LogP contribution in [-0.4, -0.2) is 17.3 Å². The summed E-state index contributed by atoms with van der Waals surface area (Å²) in [7, 11) is 0. The number of carbonyl (C=O) groups is 1. The third kappa shape index (κ3) is 4.13. The maximum Gasteiger partial charge on any atom is 0.262 e. The minimum atomic E-state index is -0.0875. The maximum absolute atomic E-state index is 11.6. The normalized spacial score (nSPS) is 12.5. The van der Waals surface area contributed by atoms with Gasteiger partial charge in [0.15, 0.2) is 0 Å². The summed E-state index contributed by atoms with van der Waals surface area (Å²) in [5, 5.41) is 5.19. The summed E-state index contributed by atoms with van der Waals surface area (Å²) in [4.78, 5) is 12.6. The number of amides is 1. The number of hydrogen-bond donors (Lipinski definition) is 1. The first-order chi connectivity index (χ1) is 7.15. The summed E-state index contributed by atoms with van der Waals surface area (Å²) in [5.74, 6) is -0.0875. The second-order valence-corrected chi connectivity index (χ2v) is 5.81. The van der Waals surface area contributed by atoms with Crippen molar-refractivity contribution in [3.05, 3.63) is 21.3 Å². The van der Waals surface area contributed by atoms with E-state index < -0.39 is 0 Å². The van der Waals surface area contributed by atoms with E-state index in [0.717, 1.165) is 12.8 Å². The zero-order valence-electron chi connectivity index (χ0n) is 8.43. The van der Waals surface area contributed by atoms with Crippen molar-refractivity contribution in [2.45, 2.75) is 24.6 Å². The number of halogens is 2. The minimum absolute atomic E-state index is 0.0875. The Morgan fingerprint density at radius 1 is 1.73 bits per heavy atom. The van der Waals surface area contributed by atoms with Crippen molar-refractivity contribution in [1.29, 1.82) is 0 Å². The largest absolute Gasteiger partial charge is 0.350 e. The van der Waals surface area contributed by atoms with Crippen molar-refractivity contribution in [3.63, 3.8) is 0 Å². The van der Waals surface area contributed by atoms with Crippen LogP contribution in [0.3, 0.4) is 0 Å². The van der Waals surface area contributed by atoms with Crippen LogP contribution in [0.4, 0.5) is 0 Å². The average Bonchev–Trinajstić information content (AvgIpc) is 2.61. The van der Waals surface area contributed by atoms with Crippen LogP contribution in [0.25, 0.3) is 0 Å². The van der Waals surface area contributed by atoms with Gasteiger partial charge in [0, 0.05) is 11.4 Å². The topological polar surface area (TPSA) is 29.1 Å².